The fourth-order valence-corrected chi connectivity index (χ4v) is 2.90. The van der Waals surface area contributed by atoms with Crippen molar-refractivity contribution in [3.05, 3.63) is 72.9 Å². The summed E-state index contributed by atoms with van der Waals surface area (Å²) in [5.74, 6) is 1.80. The predicted molar refractivity (Wildman–Crippen MR) is 115 cm³/mol. The van der Waals surface area contributed by atoms with Crippen molar-refractivity contribution in [1.29, 1.82) is 0 Å². The van der Waals surface area contributed by atoms with Crippen LogP contribution in [-0.4, -0.2) is 6.10 Å². The van der Waals surface area contributed by atoms with Crippen molar-refractivity contribution in [2.45, 2.75) is 58.5 Å². The van der Waals surface area contributed by atoms with Crippen LogP contribution >= 0.6 is 9.47 Å². The molecule has 0 N–H and O–H groups in total. The van der Waals surface area contributed by atoms with E-state index in [2.05, 4.69) is 96.2 Å². The van der Waals surface area contributed by atoms with Gasteiger partial charge in [-0.05, 0) is 37.5 Å². The molecule has 2 heteroatoms. The SMILES string of the molecule is CCC=CCC(C=CC=CCC=CC=CC=CC1CC1CCC)OP. The first-order valence-corrected chi connectivity index (χ1v) is 10.1. The molecule has 1 aliphatic carbocycles. The molecule has 0 spiro atoms. The molecule has 0 bridgehead atoms. The topological polar surface area (TPSA) is 9.23 Å². The molecule has 0 amide bonds. The van der Waals surface area contributed by atoms with Gasteiger partial charge >= 0.3 is 0 Å². The molecular formula is C23H35OP. The molecule has 1 saturated carbocycles. The highest BCUT2D eigenvalue weighted by Crippen LogP contribution is 2.42. The van der Waals surface area contributed by atoms with Gasteiger partial charge in [0.25, 0.3) is 0 Å². The molecule has 0 saturated heterocycles. The molecule has 0 aromatic heterocycles. The van der Waals surface area contributed by atoms with Crippen LogP contribution in [0.1, 0.15) is 52.4 Å². The molecule has 4 atom stereocenters. The van der Waals surface area contributed by atoms with Crippen molar-refractivity contribution in [3.8, 4) is 0 Å². The van der Waals surface area contributed by atoms with E-state index >= 15 is 0 Å². The number of allylic oxidation sites excluding steroid dienone is 10. The molecule has 138 valence electrons. The van der Waals surface area contributed by atoms with Crippen molar-refractivity contribution in [2.24, 2.45) is 11.8 Å². The van der Waals surface area contributed by atoms with E-state index in [-0.39, 0.29) is 6.10 Å². The monoisotopic (exact) mass is 358 g/mol. The average Bonchev–Trinajstić information content (AvgIpc) is 3.36. The summed E-state index contributed by atoms with van der Waals surface area (Å²) < 4.78 is 5.34. The third-order valence-corrected chi connectivity index (χ3v) is 4.60. The summed E-state index contributed by atoms with van der Waals surface area (Å²) in [7, 11) is 2.35. The molecule has 0 aliphatic heterocycles. The van der Waals surface area contributed by atoms with Crippen LogP contribution in [0.3, 0.4) is 0 Å². The van der Waals surface area contributed by atoms with Gasteiger partial charge < -0.3 is 4.52 Å². The van der Waals surface area contributed by atoms with Crippen LogP contribution in [0.15, 0.2) is 72.9 Å². The first kappa shape index (κ1) is 21.9. The first-order valence-electron chi connectivity index (χ1n) is 9.65. The Hall–Kier alpha value is -1.17. The molecule has 0 radical (unpaired) electrons. The van der Waals surface area contributed by atoms with E-state index in [4.69, 9.17) is 4.52 Å². The Morgan fingerprint density at radius 3 is 2.44 bits per heavy atom. The zero-order valence-electron chi connectivity index (χ0n) is 15.9. The minimum absolute atomic E-state index is 0.131. The standard InChI is InChI=1S/C23H35OP/c1-3-5-13-18-23(24-25)19-15-12-10-8-6-7-9-11-14-17-22-20-21(22)16-4-2/h5-7,9-15,17,19,21-23H,3-4,8,16,18,20,25H2,1-2H3. The lowest BCUT2D eigenvalue weighted by atomic mass is 10.2. The fraction of sp³-hybridized carbons (Fsp3) is 0.478. The van der Waals surface area contributed by atoms with Crippen LogP contribution in [0.4, 0.5) is 0 Å². The maximum atomic E-state index is 5.34. The lowest BCUT2D eigenvalue weighted by Gasteiger charge is -2.06. The number of rotatable bonds is 13. The van der Waals surface area contributed by atoms with Crippen LogP contribution in [-0.2, 0) is 4.52 Å². The lowest BCUT2D eigenvalue weighted by molar-refractivity contribution is 0.298. The van der Waals surface area contributed by atoms with Crippen molar-refractivity contribution in [3.63, 3.8) is 0 Å². The zero-order chi connectivity index (χ0) is 18.2. The Bertz CT molecular complexity index is 496. The van der Waals surface area contributed by atoms with Gasteiger partial charge in [-0.15, -0.1) is 0 Å². The minimum atomic E-state index is 0.131. The molecule has 4 unspecified atom stereocenters. The molecule has 0 aromatic rings. The van der Waals surface area contributed by atoms with E-state index in [9.17, 15) is 0 Å². The van der Waals surface area contributed by atoms with Gasteiger partial charge in [-0.25, -0.2) is 0 Å². The summed E-state index contributed by atoms with van der Waals surface area (Å²) in [6.45, 7) is 4.41. The van der Waals surface area contributed by atoms with Crippen LogP contribution in [0.2, 0.25) is 0 Å². The summed E-state index contributed by atoms with van der Waals surface area (Å²) in [6.07, 6.45) is 32.9. The maximum Gasteiger partial charge on any atom is 0.0828 e. The third-order valence-electron chi connectivity index (χ3n) is 4.26. The number of hydrogen-bond acceptors (Lipinski definition) is 1. The van der Waals surface area contributed by atoms with Crippen LogP contribution in [0, 0.1) is 11.8 Å². The van der Waals surface area contributed by atoms with Gasteiger partial charge in [-0.1, -0.05) is 99.6 Å². The van der Waals surface area contributed by atoms with Crippen LogP contribution in [0.25, 0.3) is 0 Å². The highest BCUT2D eigenvalue weighted by Gasteiger charge is 2.32. The van der Waals surface area contributed by atoms with Gasteiger partial charge in [0.1, 0.15) is 0 Å². The Kier molecular flexibility index (Phi) is 13.2. The molecular weight excluding hydrogens is 323 g/mol. The molecule has 1 rings (SSSR count). The first-order chi connectivity index (χ1) is 12.3. The average molecular weight is 359 g/mol. The Labute approximate surface area is 157 Å². The second-order valence-corrected chi connectivity index (χ2v) is 6.76. The smallest absolute Gasteiger partial charge is 0.0828 e. The highest BCUT2D eigenvalue weighted by molar-refractivity contribution is 7.09. The van der Waals surface area contributed by atoms with Gasteiger partial charge in [-0.3, -0.25) is 0 Å². The number of hydrogen-bond donors (Lipinski definition) is 0. The third kappa shape index (κ3) is 11.9. The van der Waals surface area contributed by atoms with Gasteiger partial charge in [0.2, 0.25) is 0 Å². The van der Waals surface area contributed by atoms with Gasteiger partial charge in [0, 0.05) is 9.47 Å². The molecule has 1 aliphatic rings. The quantitative estimate of drug-likeness (QED) is 0.193. The van der Waals surface area contributed by atoms with E-state index in [0.29, 0.717) is 0 Å². The second kappa shape index (κ2) is 15.1. The summed E-state index contributed by atoms with van der Waals surface area (Å²) in [4.78, 5) is 0. The van der Waals surface area contributed by atoms with Crippen molar-refractivity contribution >= 4 is 9.47 Å². The van der Waals surface area contributed by atoms with Gasteiger partial charge in [0.15, 0.2) is 0 Å². The zero-order valence-corrected chi connectivity index (χ0v) is 17.0. The van der Waals surface area contributed by atoms with E-state index < -0.39 is 0 Å². The van der Waals surface area contributed by atoms with Crippen LogP contribution < -0.4 is 0 Å². The summed E-state index contributed by atoms with van der Waals surface area (Å²) in [6, 6.07) is 0. The Morgan fingerprint density at radius 2 is 1.72 bits per heavy atom. The molecule has 0 aromatic carbocycles. The summed E-state index contributed by atoms with van der Waals surface area (Å²) >= 11 is 0. The molecule has 1 nitrogen and oxygen atoms in total. The molecule has 1 fully saturated rings. The normalized spacial score (nSPS) is 22.7. The van der Waals surface area contributed by atoms with E-state index in [1.54, 1.807) is 0 Å². The Morgan fingerprint density at radius 1 is 0.960 bits per heavy atom. The van der Waals surface area contributed by atoms with Crippen molar-refractivity contribution in [1.82, 2.24) is 0 Å². The van der Waals surface area contributed by atoms with Crippen LogP contribution in [0.5, 0.6) is 0 Å². The van der Waals surface area contributed by atoms with E-state index in [1.165, 1.54) is 19.3 Å². The summed E-state index contributed by atoms with van der Waals surface area (Å²) in [5.41, 5.74) is 0. The Balaban J connectivity index is 2.12. The minimum Gasteiger partial charge on any atom is -0.358 e. The van der Waals surface area contributed by atoms with Crippen molar-refractivity contribution < 1.29 is 4.52 Å². The van der Waals surface area contributed by atoms with E-state index in [1.807, 2.05) is 0 Å². The fourth-order valence-electron chi connectivity index (χ4n) is 2.70. The van der Waals surface area contributed by atoms with Gasteiger partial charge in [0.05, 0.1) is 6.10 Å². The van der Waals surface area contributed by atoms with E-state index in [0.717, 1.165) is 31.1 Å². The molecule has 25 heavy (non-hydrogen) atoms. The summed E-state index contributed by atoms with van der Waals surface area (Å²) in [5, 5.41) is 0. The highest BCUT2D eigenvalue weighted by atomic mass is 31.0. The second-order valence-electron chi connectivity index (χ2n) is 6.48. The van der Waals surface area contributed by atoms with Crippen molar-refractivity contribution in [2.75, 3.05) is 0 Å². The lowest BCUT2D eigenvalue weighted by Crippen LogP contribution is -2.00. The molecule has 0 heterocycles. The maximum absolute atomic E-state index is 5.34. The predicted octanol–water partition coefficient (Wildman–Crippen LogP) is 7.13. The van der Waals surface area contributed by atoms with Gasteiger partial charge in [-0.2, -0.15) is 0 Å². The largest absolute Gasteiger partial charge is 0.358 e.